The van der Waals surface area contributed by atoms with Crippen LogP contribution in [0.3, 0.4) is 0 Å². The molecular formula is C19H29N3O5. The van der Waals surface area contributed by atoms with E-state index in [-0.39, 0.29) is 17.7 Å². The summed E-state index contributed by atoms with van der Waals surface area (Å²) in [4.78, 5) is 52.5. The Bertz CT molecular complexity index is 631. The molecule has 2 saturated heterocycles. The van der Waals surface area contributed by atoms with Crippen LogP contribution in [0.5, 0.6) is 0 Å². The van der Waals surface area contributed by atoms with Crippen molar-refractivity contribution in [1.82, 2.24) is 15.1 Å². The van der Waals surface area contributed by atoms with E-state index in [1.807, 2.05) is 6.92 Å². The fraction of sp³-hybridized carbons (Fsp3) is 0.789. The molecule has 0 aromatic rings. The van der Waals surface area contributed by atoms with Gasteiger partial charge in [-0.25, -0.2) is 4.79 Å². The van der Waals surface area contributed by atoms with Crippen LogP contribution in [0.15, 0.2) is 0 Å². The van der Waals surface area contributed by atoms with Crippen molar-refractivity contribution in [3.63, 3.8) is 0 Å². The van der Waals surface area contributed by atoms with E-state index < -0.39 is 30.2 Å². The number of amides is 4. The number of imide groups is 1. The molecule has 3 aliphatic rings. The van der Waals surface area contributed by atoms with Gasteiger partial charge in [-0.1, -0.05) is 19.8 Å². The minimum atomic E-state index is -0.918. The molecule has 2 heterocycles. The summed E-state index contributed by atoms with van der Waals surface area (Å²) in [7, 11) is 0. The summed E-state index contributed by atoms with van der Waals surface area (Å²) in [6.45, 7) is 4.38. The lowest BCUT2D eigenvalue weighted by atomic mass is 9.73. The van der Waals surface area contributed by atoms with Gasteiger partial charge in [0.1, 0.15) is 12.1 Å². The second kappa shape index (κ2) is 7.86. The lowest BCUT2D eigenvalue weighted by molar-refractivity contribution is -0.161. The Morgan fingerprint density at radius 2 is 1.89 bits per heavy atom. The Morgan fingerprint density at radius 1 is 1.19 bits per heavy atom. The molecule has 0 aromatic heterocycles. The average Bonchev–Trinajstić information content (AvgIpc) is 2.89. The van der Waals surface area contributed by atoms with Crippen LogP contribution in [0.4, 0.5) is 4.79 Å². The summed E-state index contributed by atoms with van der Waals surface area (Å²) in [5.74, 6) is -1.29. The molecule has 2 aliphatic heterocycles. The third-order valence-electron chi connectivity index (χ3n) is 6.11. The molecule has 0 bridgehead atoms. The van der Waals surface area contributed by atoms with Gasteiger partial charge in [0.25, 0.3) is 11.8 Å². The van der Waals surface area contributed by atoms with Crippen LogP contribution in [0.25, 0.3) is 0 Å². The van der Waals surface area contributed by atoms with Gasteiger partial charge in [-0.15, -0.1) is 0 Å². The van der Waals surface area contributed by atoms with Crippen LogP contribution >= 0.6 is 0 Å². The summed E-state index contributed by atoms with van der Waals surface area (Å²) in [6, 6.07) is -0.555. The standard InChI is InChI=1S/C19H29N3O5/c1-13-8-4-5-9-19(13)17(25)22(18(26)20-19)12-15(23)27-14(2)16(24)21-10-6-3-7-11-21/h13-14H,3-12H2,1-2H3,(H,20,26)/t13-,14+,19+/m1/s1. The quantitative estimate of drug-likeness (QED) is 0.589. The van der Waals surface area contributed by atoms with E-state index in [1.165, 1.54) is 6.92 Å². The second-order valence-corrected chi connectivity index (χ2v) is 7.96. The van der Waals surface area contributed by atoms with E-state index in [0.717, 1.165) is 43.4 Å². The lowest BCUT2D eigenvalue weighted by Gasteiger charge is -2.36. The molecule has 150 valence electrons. The first-order chi connectivity index (χ1) is 12.8. The highest BCUT2D eigenvalue weighted by atomic mass is 16.5. The number of esters is 1. The fourth-order valence-electron chi connectivity index (χ4n) is 4.42. The van der Waals surface area contributed by atoms with Crippen LogP contribution in [0.1, 0.15) is 58.8 Å². The van der Waals surface area contributed by atoms with Crippen LogP contribution in [0, 0.1) is 5.92 Å². The van der Waals surface area contributed by atoms with E-state index in [2.05, 4.69) is 5.32 Å². The summed E-state index contributed by atoms with van der Waals surface area (Å²) >= 11 is 0. The molecule has 0 unspecified atom stereocenters. The van der Waals surface area contributed by atoms with Crippen LogP contribution in [-0.4, -0.2) is 64.9 Å². The Hall–Kier alpha value is -2.12. The topological polar surface area (TPSA) is 96.0 Å². The van der Waals surface area contributed by atoms with Gasteiger partial charge >= 0.3 is 12.0 Å². The number of rotatable bonds is 4. The number of carbonyl (C=O) groups excluding carboxylic acids is 4. The molecular weight excluding hydrogens is 350 g/mol. The second-order valence-electron chi connectivity index (χ2n) is 7.96. The fourth-order valence-corrected chi connectivity index (χ4v) is 4.42. The number of nitrogens with zero attached hydrogens (tertiary/aromatic N) is 2. The first-order valence-electron chi connectivity index (χ1n) is 9.97. The highest BCUT2D eigenvalue weighted by Gasteiger charge is 2.55. The third-order valence-corrected chi connectivity index (χ3v) is 6.11. The highest BCUT2D eigenvalue weighted by molar-refractivity contribution is 6.09. The van der Waals surface area contributed by atoms with Crippen molar-refractivity contribution < 1.29 is 23.9 Å². The molecule has 4 amide bonds. The Kier molecular flexibility index (Phi) is 5.72. The molecule has 0 radical (unpaired) electrons. The molecule has 8 nitrogen and oxygen atoms in total. The predicted octanol–water partition coefficient (Wildman–Crippen LogP) is 1.43. The Labute approximate surface area is 159 Å². The number of piperidine rings is 1. The van der Waals surface area contributed by atoms with Gasteiger partial charge in [0.05, 0.1) is 0 Å². The zero-order valence-corrected chi connectivity index (χ0v) is 16.2. The number of hydrogen-bond acceptors (Lipinski definition) is 5. The number of likely N-dealkylation sites (tertiary alicyclic amines) is 1. The van der Waals surface area contributed by atoms with Gasteiger partial charge in [0.2, 0.25) is 0 Å². The molecule has 0 aromatic carbocycles. The SMILES string of the molecule is C[C@H](OC(=O)CN1C(=O)N[C@]2(CCCC[C@H]2C)C1=O)C(=O)N1CCCCC1. The maximum atomic E-state index is 12.9. The van der Waals surface area contributed by atoms with Crippen LogP contribution in [-0.2, 0) is 19.1 Å². The van der Waals surface area contributed by atoms with Gasteiger partial charge in [-0.05, 0) is 44.9 Å². The van der Waals surface area contributed by atoms with Crippen molar-refractivity contribution in [3.8, 4) is 0 Å². The molecule has 3 atom stereocenters. The van der Waals surface area contributed by atoms with Crippen molar-refractivity contribution in [2.45, 2.75) is 70.4 Å². The Morgan fingerprint density at radius 3 is 2.56 bits per heavy atom. The van der Waals surface area contributed by atoms with Crippen molar-refractivity contribution in [2.24, 2.45) is 5.92 Å². The highest BCUT2D eigenvalue weighted by Crippen LogP contribution is 2.38. The monoisotopic (exact) mass is 379 g/mol. The van der Waals surface area contributed by atoms with Crippen molar-refractivity contribution >= 4 is 23.8 Å². The predicted molar refractivity (Wildman–Crippen MR) is 96.6 cm³/mol. The zero-order valence-electron chi connectivity index (χ0n) is 16.2. The van der Waals surface area contributed by atoms with Crippen molar-refractivity contribution in [3.05, 3.63) is 0 Å². The summed E-state index contributed by atoms with van der Waals surface area (Å²) < 4.78 is 5.22. The maximum Gasteiger partial charge on any atom is 0.327 e. The number of urea groups is 1. The maximum absolute atomic E-state index is 12.9. The average molecular weight is 379 g/mol. The van der Waals surface area contributed by atoms with E-state index in [4.69, 9.17) is 4.74 Å². The molecule has 1 saturated carbocycles. The molecule has 27 heavy (non-hydrogen) atoms. The van der Waals surface area contributed by atoms with Gasteiger partial charge in [-0.3, -0.25) is 19.3 Å². The van der Waals surface area contributed by atoms with Crippen LogP contribution < -0.4 is 5.32 Å². The van der Waals surface area contributed by atoms with E-state index in [9.17, 15) is 19.2 Å². The first-order valence-corrected chi connectivity index (χ1v) is 9.97. The number of carbonyl (C=O) groups is 4. The molecule has 1 N–H and O–H groups in total. The first kappa shape index (κ1) is 19.6. The van der Waals surface area contributed by atoms with Crippen molar-refractivity contribution in [2.75, 3.05) is 19.6 Å². The summed E-state index contributed by atoms with van der Waals surface area (Å²) in [6.07, 6.45) is 5.45. The van der Waals surface area contributed by atoms with Gasteiger partial charge < -0.3 is 15.0 Å². The lowest BCUT2D eigenvalue weighted by Crippen LogP contribution is -2.54. The van der Waals surface area contributed by atoms with E-state index in [1.54, 1.807) is 4.90 Å². The molecule has 8 heteroatoms. The molecule has 3 rings (SSSR count). The summed E-state index contributed by atoms with van der Waals surface area (Å²) in [5.41, 5.74) is -0.898. The molecule has 1 spiro atoms. The molecule has 1 aliphatic carbocycles. The number of ether oxygens (including phenoxy) is 1. The van der Waals surface area contributed by atoms with E-state index >= 15 is 0 Å². The van der Waals surface area contributed by atoms with Gasteiger partial charge in [-0.2, -0.15) is 0 Å². The minimum absolute atomic E-state index is 0.0309. The van der Waals surface area contributed by atoms with Crippen molar-refractivity contribution in [1.29, 1.82) is 0 Å². The van der Waals surface area contributed by atoms with Crippen LogP contribution in [0.2, 0.25) is 0 Å². The van der Waals surface area contributed by atoms with Gasteiger partial charge in [0, 0.05) is 13.1 Å². The number of nitrogens with one attached hydrogen (secondary N) is 1. The van der Waals surface area contributed by atoms with Gasteiger partial charge in [0.15, 0.2) is 6.10 Å². The molecule has 3 fully saturated rings. The minimum Gasteiger partial charge on any atom is -0.451 e. The van der Waals surface area contributed by atoms with E-state index in [0.29, 0.717) is 19.5 Å². The Balaban J connectivity index is 1.58. The smallest absolute Gasteiger partial charge is 0.327 e. The third kappa shape index (κ3) is 3.80. The number of hydrogen-bond donors (Lipinski definition) is 1. The summed E-state index contributed by atoms with van der Waals surface area (Å²) in [5, 5.41) is 2.81. The largest absolute Gasteiger partial charge is 0.451 e. The normalized spacial score (nSPS) is 29.6. The zero-order chi connectivity index (χ0) is 19.6.